The van der Waals surface area contributed by atoms with E-state index >= 15 is 0 Å². The van der Waals surface area contributed by atoms with Gasteiger partial charge in [0.1, 0.15) is 5.75 Å². The third-order valence-corrected chi connectivity index (χ3v) is 3.25. The van der Waals surface area contributed by atoms with E-state index in [0.29, 0.717) is 17.1 Å². The highest BCUT2D eigenvalue weighted by atomic mass is 16.5. The molecule has 0 unspecified atom stereocenters. The van der Waals surface area contributed by atoms with Crippen molar-refractivity contribution in [2.24, 2.45) is 0 Å². The third-order valence-electron chi connectivity index (χ3n) is 3.25. The SMILES string of the molecule is CC(C)c1cnc2ncccc2c1Oc1cnc(N)nc1N. The molecule has 0 aliphatic carbocycles. The summed E-state index contributed by atoms with van der Waals surface area (Å²) in [7, 11) is 0. The molecular formula is C15H16N6O. The summed E-state index contributed by atoms with van der Waals surface area (Å²) < 4.78 is 5.98. The molecule has 3 heterocycles. The standard InChI is InChI=1S/C15H16N6O/c1-8(2)10-6-19-14-9(4-3-5-18-14)12(10)22-11-7-20-15(17)21-13(11)16/h3-8H,1-2H3,(H4,16,17,20,21). The summed E-state index contributed by atoms with van der Waals surface area (Å²) in [6, 6.07) is 3.74. The number of nitrogen functional groups attached to an aromatic ring is 2. The van der Waals surface area contributed by atoms with E-state index in [1.165, 1.54) is 6.20 Å². The monoisotopic (exact) mass is 296 g/mol. The molecule has 0 aliphatic heterocycles. The van der Waals surface area contributed by atoms with Gasteiger partial charge in [0.25, 0.3) is 0 Å². The molecule has 112 valence electrons. The number of fused-ring (bicyclic) bond motifs is 1. The van der Waals surface area contributed by atoms with Crippen LogP contribution < -0.4 is 16.2 Å². The first-order valence-electron chi connectivity index (χ1n) is 6.85. The van der Waals surface area contributed by atoms with Gasteiger partial charge in [0, 0.05) is 18.0 Å². The number of rotatable bonds is 3. The fourth-order valence-electron chi connectivity index (χ4n) is 2.13. The van der Waals surface area contributed by atoms with E-state index in [-0.39, 0.29) is 17.7 Å². The van der Waals surface area contributed by atoms with Crippen LogP contribution in [0.1, 0.15) is 25.3 Å². The number of anilines is 2. The normalized spacial score (nSPS) is 11.0. The summed E-state index contributed by atoms with van der Waals surface area (Å²) in [4.78, 5) is 16.4. The van der Waals surface area contributed by atoms with Crippen LogP contribution in [0, 0.1) is 0 Å². The van der Waals surface area contributed by atoms with Gasteiger partial charge in [-0.15, -0.1) is 0 Å². The summed E-state index contributed by atoms with van der Waals surface area (Å²) >= 11 is 0. The van der Waals surface area contributed by atoms with E-state index in [1.54, 1.807) is 12.4 Å². The maximum Gasteiger partial charge on any atom is 0.222 e. The summed E-state index contributed by atoms with van der Waals surface area (Å²) in [5.74, 6) is 1.54. The van der Waals surface area contributed by atoms with Crippen LogP contribution in [0.5, 0.6) is 11.5 Å². The first-order valence-corrected chi connectivity index (χ1v) is 6.85. The van der Waals surface area contributed by atoms with Crippen LogP contribution in [0.3, 0.4) is 0 Å². The molecule has 0 atom stereocenters. The first kappa shape index (κ1) is 14.0. The Bertz CT molecular complexity index is 833. The number of nitrogens with two attached hydrogens (primary N) is 2. The van der Waals surface area contributed by atoms with E-state index in [9.17, 15) is 0 Å². The molecule has 3 rings (SSSR count). The zero-order chi connectivity index (χ0) is 15.7. The number of pyridine rings is 2. The molecular weight excluding hydrogens is 280 g/mol. The Kier molecular flexibility index (Phi) is 3.46. The van der Waals surface area contributed by atoms with Gasteiger partial charge in [0.15, 0.2) is 17.2 Å². The fraction of sp³-hybridized carbons (Fsp3) is 0.200. The molecule has 0 fully saturated rings. The molecule has 3 aromatic heterocycles. The van der Waals surface area contributed by atoms with E-state index in [2.05, 4.69) is 33.8 Å². The predicted octanol–water partition coefficient (Wildman–Crippen LogP) is 2.50. The molecule has 0 saturated heterocycles. The van der Waals surface area contributed by atoms with Crippen LogP contribution >= 0.6 is 0 Å². The van der Waals surface area contributed by atoms with Crippen LogP contribution in [0.25, 0.3) is 11.0 Å². The summed E-state index contributed by atoms with van der Waals surface area (Å²) in [5.41, 5.74) is 12.9. The molecule has 3 aromatic rings. The highest BCUT2D eigenvalue weighted by Crippen LogP contribution is 2.36. The zero-order valence-electron chi connectivity index (χ0n) is 12.3. The molecule has 0 amide bonds. The van der Waals surface area contributed by atoms with Crippen molar-refractivity contribution < 1.29 is 4.74 Å². The lowest BCUT2D eigenvalue weighted by Crippen LogP contribution is -2.03. The first-order chi connectivity index (χ1) is 10.6. The minimum atomic E-state index is 0.107. The molecule has 0 bridgehead atoms. The number of hydrogen-bond donors (Lipinski definition) is 2. The van der Waals surface area contributed by atoms with Gasteiger partial charge < -0.3 is 16.2 Å². The van der Waals surface area contributed by atoms with Gasteiger partial charge in [-0.05, 0) is 18.1 Å². The van der Waals surface area contributed by atoms with Crippen LogP contribution in [-0.2, 0) is 0 Å². The van der Waals surface area contributed by atoms with E-state index in [4.69, 9.17) is 16.2 Å². The highest BCUT2D eigenvalue weighted by Gasteiger charge is 2.16. The van der Waals surface area contributed by atoms with Gasteiger partial charge >= 0.3 is 0 Å². The maximum absolute atomic E-state index is 5.98. The lowest BCUT2D eigenvalue weighted by atomic mass is 10.0. The van der Waals surface area contributed by atoms with E-state index < -0.39 is 0 Å². The molecule has 0 radical (unpaired) electrons. The Hall–Kier alpha value is -2.96. The minimum absolute atomic E-state index is 0.107. The van der Waals surface area contributed by atoms with Gasteiger partial charge in [-0.1, -0.05) is 13.8 Å². The summed E-state index contributed by atoms with van der Waals surface area (Å²) in [5, 5.41) is 0.810. The third kappa shape index (κ3) is 2.48. The average molecular weight is 296 g/mol. The van der Waals surface area contributed by atoms with Crippen LogP contribution in [0.15, 0.2) is 30.7 Å². The van der Waals surface area contributed by atoms with Crippen molar-refractivity contribution in [3.05, 3.63) is 36.3 Å². The van der Waals surface area contributed by atoms with Crippen LogP contribution in [0.2, 0.25) is 0 Å². The number of nitrogens with zero attached hydrogens (tertiary/aromatic N) is 4. The molecule has 0 aromatic carbocycles. The Labute approximate surface area is 127 Å². The van der Waals surface area contributed by atoms with Gasteiger partial charge in [-0.3, -0.25) is 0 Å². The lowest BCUT2D eigenvalue weighted by molar-refractivity contribution is 0.476. The predicted molar refractivity (Wildman–Crippen MR) is 84.6 cm³/mol. The zero-order valence-corrected chi connectivity index (χ0v) is 12.3. The molecule has 7 heteroatoms. The van der Waals surface area contributed by atoms with Crippen LogP contribution in [0.4, 0.5) is 11.8 Å². The second-order valence-electron chi connectivity index (χ2n) is 5.15. The number of aromatic nitrogens is 4. The smallest absolute Gasteiger partial charge is 0.222 e. The van der Waals surface area contributed by atoms with E-state index in [1.807, 2.05) is 12.1 Å². The second-order valence-corrected chi connectivity index (χ2v) is 5.15. The van der Waals surface area contributed by atoms with Crippen molar-refractivity contribution in [2.45, 2.75) is 19.8 Å². The molecule has 0 aliphatic rings. The molecule has 7 nitrogen and oxygen atoms in total. The Morgan fingerprint density at radius 1 is 1.09 bits per heavy atom. The molecule has 0 spiro atoms. The number of ether oxygens (including phenoxy) is 1. The van der Waals surface area contributed by atoms with Crippen molar-refractivity contribution >= 4 is 22.8 Å². The van der Waals surface area contributed by atoms with Gasteiger partial charge in [0.05, 0.1) is 11.6 Å². The van der Waals surface area contributed by atoms with Gasteiger partial charge in [-0.25, -0.2) is 15.0 Å². The van der Waals surface area contributed by atoms with Crippen molar-refractivity contribution in [3.8, 4) is 11.5 Å². The Morgan fingerprint density at radius 2 is 1.91 bits per heavy atom. The highest BCUT2D eigenvalue weighted by molar-refractivity contribution is 5.83. The second kappa shape index (κ2) is 5.44. The van der Waals surface area contributed by atoms with Crippen LogP contribution in [-0.4, -0.2) is 19.9 Å². The van der Waals surface area contributed by atoms with Crippen molar-refractivity contribution in [3.63, 3.8) is 0 Å². The minimum Gasteiger partial charge on any atom is -0.451 e. The average Bonchev–Trinajstić information content (AvgIpc) is 2.50. The largest absolute Gasteiger partial charge is 0.451 e. The lowest BCUT2D eigenvalue weighted by Gasteiger charge is -2.16. The Morgan fingerprint density at radius 3 is 2.64 bits per heavy atom. The fourth-order valence-corrected chi connectivity index (χ4v) is 2.13. The van der Waals surface area contributed by atoms with E-state index in [0.717, 1.165) is 10.9 Å². The van der Waals surface area contributed by atoms with Crippen molar-refractivity contribution in [2.75, 3.05) is 11.5 Å². The molecule has 0 saturated carbocycles. The maximum atomic E-state index is 5.98. The summed E-state index contributed by atoms with van der Waals surface area (Å²) in [6.07, 6.45) is 4.92. The summed E-state index contributed by atoms with van der Waals surface area (Å²) in [6.45, 7) is 4.13. The molecule has 22 heavy (non-hydrogen) atoms. The van der Waals surface area contributed by atoms with Crippen molar-refractivity contribution in [1.82, 2.24) is 19.9 Å². The quantitative estimate of drug-likeness (QED) is 0.763. The van der Waals surface area contributed by atoms with Gasteiger partial charge in [0.2, 0.25) is 5.95 Å². The molecule has 4 N–H and O–H groups in total. The van der Waals surface area contributed by atoms with Crippen molar-refractivity contribution in [1.29, 1.82) is 0 Å². The topological polar surface area (TPSA) is 113 Å². The Balaban J connectivity index is 2.17. The van der Waals surface area contributed by atoms with Gasteiger partial charge in [-0.2, -0.15) is 4.98 Å². The number of hydrogen-bond acceptors (Lipinski definition) is 7.